The number of hydrogen-bond donors (Lipinski definition) is 3. The predicted octanol–water partition coefficient (Wildman–Crippen LogP) is 3.34. The zero-order valence-electron chi connectivity index (χ0n) is 19.0. The third kappa shape index (κ3) is 5.70. The van der Waals surface area contributed by atoms with Crippen LogP contribution in [-0.2, 0) is 21.0 Å². The van der Waals surface area contributed by atoms with Crippen LogP contribution in [0.25, 0.3) is 22.4 Å². The van der Waals surface area contributed by atoms with E-state index in [0.29, 0.717) is 0 Å². The van der Waals surface area contributed by atoms with E-state index in [9.17, 15) is 30.8 Å². The zero-order chi connectivity index (χ0) is 27.0. The highest BCUT2D eigenvalue weighted by atomic mass is 32.2. The quantitative estimate of drug-likeness (QED) is 0.257. The summed E-state index contributed by atoms with van der Waals surface area (Å²) in [6.07, 6.45) is -4.51. The molecule has 0 spiro atoms. The van der Waals surface area contributed by atoms with Crippen molar-refractivity contribution in [1.29, 1.82) is 0 Å². The number of hydrogen-bond acceptors (Lipinski definition) is 7. The molecule has 1 fully saturated rings. The summed E-state index contributed by atoms with van der Waals surface area (Å²) in [4.78, 5) is 20.7. The number of sulfonamides is 1. The van der Waals surface area contributed by atoms with Crippen LogP contribution in [0.4, 0.5) is 23.4 Å². The van der Waals surface area contributed by atoms with Gasteiger partial charge in [0.2, 0.25) is 21.8 Å². The molecular weight excluding hydrogens is 518 g/mol. The highest BCUT2D eigenvalue weighted by molar-refractivity contribution is 7.89. The lowest BCUT2D eigenvalue weighted by Crippen LogP contribution is -2.40. The number of nitrogens with one attached hydrogen (secondary N) is 1. The lowest BCUT2D eigenvalue weighted by molar-refractivity contribution is -0.144. The Kier molecular flexibility index (Phi) is 7.17. The maximum absolute atomic E-state index is 13.9. The summed E-state index contributed by atoms with van der Waals surface area (Å²) in [5, 5.41) is 14.2. The second-order valence-electron chi connectivity index (χ2n) is 8.41. The van der Waals surface area contributed by atoms with Crippen LogP contribution in [0.5, 0.6) is 0 Å². The first kappa shape index (κ1) is 26.4. The van der Waals surface area contributed by atoms with Crippen molar-refractivity contribution in [2.24, 2.45) is 11.1 Å². The summed E-state index contributed by atoms with van der Waals surface area (Å²) < 4.78 is 79.3. The minimum atomic E-state index is -4.93. The molecule has 0 radical (unpaired) electrons. The number of carbonyl (C=O) groups excluding carboxylic acids is 1. The molecule has 0 bridgehead atoms. The van der Waals surface area contributed by atoms with Crippen molar-refractivity contribution >= 4 is 21.7 Å². The number of nitrogens with two attached hydrogens (primary N) is 1. The van der Waals surface area contributed by atoms with Gasteiger partial charge in [-0.25, -0.2) is 33.4 Å². The van der Waals surface area contributed by atoms with Crippen LogP contribution in [0.1, 0.15) is 18.7 Å². The summed E-state index contributed by atoms with van der Waals surface area (Å²) >= 11 is 0. The van der Waals surface area contributed by atoms with E-state index in [1.165, 1.54) is 41.3 Å². The van der Waals surface area contributed by atoms with Gasteiger partial charge in [0.1, 0.15) is 11.6 Å². The zero-order valence-corrected chi connectivity index (χ0v) is 19.9. The fraction of sp³-hybridized carbons (Fsp3) is 0.261. The van der Waals surface area contributed by atoms with Crippen LogP contribution in [0, 0.1) is 11.7 Å². The minimum Gasteiger partial charge on any atom is -0.356 e. The number of nitrogens with zero attached hydrogens (tertiary/aromatic N) is 3. The Balaban J connectivity index is 1.97. The molecule has 0 aliphatic carbocycles. The number of halogens is 4. The van der Waals surface area contributed by atoms with Gasteiger partial charge in [-0.3, -0.25) is 10.0 Å². The van der Waals surface area contributed by atoms with Crippen LogP contribution < -0.4 is 15.5 Å². The number of rotatable bonds is 5. The molecule has 0 saturated carbocycles. The van der Waals surface area contributed by atoms with Crippen molar-refractivity contribution < 1.29 is 36.0 Å². The van der Waals surface area contributed by atoms with E-state index in [1.54, 1.807) is 5.48 Å². The molecule has 4 rings (SSSR count). The maximum atomic E-state index is 13.9. The summed E-state index contributed by atoms with van der Waals surface area (Å²) in [6, 6.07) is 9.93. The van der Waals surface area contributed by atoms with Crippen molar-refractivity contribution in [2.75, 3.05) is 18.0 Å². The molecule has 1 amide bonds. The first-order valence-corrected chi connectivity index (χ1v) is 12.5. The van der Waals surface area contributed by atoms with E-state index >= 15 is 0 Å². The van der Waals surface area contributed by atoms with Crippen LogP contribution in [0.3, 0.4) is 0 Å². The largest absolute Gasteiger partial charge is 0.451 e. The average Bonchev–Trinajstić information content (AvgIpc) is 2.87. The van der Waals surface area contributed by atoms with Gasteiger partial charge in [0, 0.05) is 24.6 Å². The summed E-state index contributed by atoms with van der Waals surface area (Å²) in [6.45, 7) is 0.217. The molecule has 1 aliphatic rings. The monoisotopic (exact) mass is 539 g/mol. The van der Waals surface area contributed by atoms with Crippen molar-refractivity contribution in [3.63, 3.8) is 0 Å². The molecular formula is C23H21F4N5O4S. The second-order valence-corrected chi connectivity index (χ2v) is 9.97. The molecule has 2 heterocycles. The SMILES string of the molecule is NS(=O)(=O)c1cccc(-c2c(-c3ccc(F)cc3)nc(C(F)(F)F)nc2N2CCC(C(=O)NO)CC2)c1. The van der Waals surface area contributed by atoms with Gasteiger partial charge in [0.25, 0.3) is 0 Å². The van der Waals surface area contributed by atoms with E-state index < -0.39 is 39.7 Å². The van der Waals surface area contributed by atoms with Gasteiger partial charge in [-0.15, -0.1) is 0 Å². The summed E-state index contributed by atoms with van der Waals surface area (Å²) in [5.74, 6) is -3.36. The molecule has 14 heteroatoms. The fourth-order valence-corrected chi connectivity index (χ4v) is 4.72. The van der Waals surface area contributed by atoms with E-state index in [1.807, 2.05) is 0 Å². The minimum absolute atomic E-state index is 0.0789. The number of alkyl halides is 3. The van der Waals surface area contributed by atoms with Crippen molar-refractivity contribution in [3.05, 3.63) is 60.2 Å². The molecule has 1 saturated heterocycles. The number of benzene rings is 2. The lowest BCUT2D eigenvalue weighted by atomic mass is 9.94. The highest BCUT2D eigenvalue weighted by Gasteiger charge is 2.38. The Morgan fingerprint density at radius 1 is 1.05 bits per heavy atom. The van der Waals surface area contributed by atoms with Gasteiger partial charge in [-0.05, 0) is 54.8 Å². The average molecular weight is 540 g/mol. The molecule has 0 atom stereocenters. The molecule has 37 heavy (non-hydrogen) atoms. The molecule has 3 aromatic rings. The maximum Gasteiger partial charge on any atom is 0.451 e. The standard InChI is InChI=1S/C23H21F4N5O4S/c24-16-6-4-13(5-7-16)19-18(15-2-1-3-17(12-15)37(28,35)36)20(30-22(29-19)23(25,26)27)32-10-8-14(9-11-32)21(33)31-34/h1-7,12,14,34H,8-11H2,(H,31,33)(H2,28,35,36). The molecule has 9 nitrogen and oxygen atoms in total. The Morgan fingerprint density at radius 2 is 1.70 bits per heavy atom. The molecule has 4 N–H and O–H groups in total. The van der Waals surface area contributed by atoms with Crippen LogP contribution in [0.15, 0.2) is 53.4 Å². The number of amides is 1. The lowest BCUT2D eigenvalue weighted by Gasteiger charge is -2.33. The van der Waals surface area contributed by atoms with Crippen molar-refractivity contribution in [2.45, 2.75) is 23.9 Å². The molecule has 2 aromatic carbocycles. The number of anilines is 1. The smallest absolute Gasteiger partial charge is 0.356 e. The van der Waals surface area contributed by atoms with Crippen molar-refractivity contribution in [3.8, 4) is 22.4 Å². The first-order chi connectivity index (χ1) is 17.4. The highest BCUT2D eigenvalue weighted by Crippen LogP contribution is 2.41. The van der Waals surface area contributed by atoms with E-state index in [0.717, 1.165) is 12.1 Å². The van der Waals surface area contributed by atoms with E-state index in [4.69, 9.17) is 10.3 Å². The van der Waals surface area contributed by atoms with Crippen LogP contribution in [-0.4, -0.2) is 42.6 Å². The Labute approximate surface area is 209 Å². The second kappa shape index (κ2) is 10.0. The third-order valence-corrected chi connectivity index (χ3v) is 6.90. The molecule has 1 aliphatic heterocycles. The van der Waals surface area contributed by atoms with Gasteiger partial charge in [0.15, 0.2) is 0 Å². The predicted molar refractivity (Wildman–Crippen MR) is 124 cm³/mol. The van der Waals surface area contributed by atoms with Gasteiger partial charge < -0.3 is 4.90 Å². The summed E-state index contributed by atoms with van der Waals surface area (Å²) in [7, 11) is -4.16. The van der Waals surface area contributed by atoms with Crippen LogP contribution in [0.2, 0.25) is 0 Å². The number of carbonyl (C=O) groups is 1. The first-order valence-electron chi connectivity index (χ1n) is 11.0. The van der Waals surface area contributed by atoms with E-state index in [2.05, 4.69) is 9.97 Å². The molecule has 0 unspecified atom stereocenters. The molecule has 196 valence electrons. The topological polar surface area (TPSA) is 139 Å². The normalized spacial score (nSPS) is 15.0. The van der Waals surface area contributed by atoms with Gasteiger partial charge in [0.05, 0.1) is 16.2 Å². The third-order valence-electron chi connectivity index (χ3n) is 5.99. The Bertz CT molecular complexity index is 1420. The van der Waals surface area contributed by atoms with Gasteiger partial charge >= 0.3 is 6.18 Å². The number of piperidine rings is 1. The number of primary sulfonamides is 1. The molecule has 1 aromatic heterocycles. The Morgan fingerprint density at radius 3 is 2.27 bits per heavy atom. The van der Waals surface area contributed by atoms with Gasteiger partial charge in [-0.1, -0.05) is 12.1 Å². The Hall–Kier alpha value is -3.62. The van der Waals surface area contributed by atoms with Crippen LogP contribution >= 0.6 is 0 Å². The summed E-state index contributed by atoms with van der Waals surface area (Å²) in [5.41, 5.74) is 1.77. The van der Waals surface area contributed by atoms with Gasteiger partial charge in [-0.2, -0.15) is 13.2 Å². The number of hydroxylamine groups is 1. The van der Waals surface area contributed by atoms with Crippen molar-refractivity contribution in [1.82, 2.24) is 15.4 Å². The fourth-order valence-electron chi connectivity index (χ4n) is 4.16. The number of aromatic nitrogens is 2. The van der Waals surface area contributed by atoms with E-state index in [-0.39, 0.29) is 59.0 Å².